The predicted octanol–water partition coefficient (Wildman–Crippen LogP) is 5.19. The quantitative estimate of drug-likeness (QED) is 0.443. The van der Waals surface area contributed by atoms with Gasteiger partial charge in [-0.2, -0.15) is 5.10 Å². The van der Waals surface area contributed by atoms with Crippen LogP contribution < -0.4 is 9.47 Å². The molecule has 3 atom stereocenters. The maximum absolute atomic E-state index is 13.5. The average molecular weight is 509 g/mol. The second kappa shape index (κ2) is 10.5. The number of nitrogens with zero attached hydrogens (tertiary/aromatic N) is 2. The average Bonchev–Trinajstić information content (AvgIpc) is 3.37. The summed E-state index contributed by atoms with van der Waals surface area (Å²) >= 11 is 0. The smallest absolute Gasteiger partial charge is 0.351 e. The Morgan fingerprint density at radius 3 is 2.45 bits per heavy atom. The first-order valence-electron chi connectivity index (χ1n) is 12.9. The van der Waals surface area contributed by atoms with Gasteiger partial charge in [0.15, 0.2) is 18.1 Å². The zero-order valence-corrected chi connectivity index (χ0v) is 20.9. The van der Waals surface area contributed by atoms with Gasteiger partial charge in [-0.25, -0.2) is 9.80 Å². The van der Waals surface area contributed by atoms with Gasteiger partial charge in [-0.15, -0.1) is 0 Å². The molecule has 38 heavy (non-hydrogen) atoms. The normalized spacial score (nSPS) is 22.9. The maximum Gasteiger partial charge on any atom is 0.351 e. The summed E-state index contributed by atoms with van der Waals surface area (Å²) in [5.41, 5.74) is 4.20. The molecule has 1 aliphatic carbocycles. The molecular weight excluding hydrogens is 480 g/mol. The Labute approximate surface area is 221 Å². The van der Waals surface area contributed by atoms with Crippen LogP contribution in [0.5, 0.6) is 11.5 Å². The van der Waals surface area contributed by atoms with Crippen LogP contribution in [0.1, 0.15) is 36.4 Å². The van der Waals surface area contributed by atoms with Crippen LogP contribution in [0.15, 0.2) is 95.6 Å². The molecule has 3 aromatic carbocycles. The fourth-order valence-corrected chi connectivity index (χ4v) is 5.37. The monoisotopic (exact) mass is 508 g/mol. The molecule has 0 N–H and O–H groups in total. The first-order valence-corrected chi connectivity index (χ1v) is 12.9. The van der Waals surface area contributed by atoms with E-state index in [0.717, 1.165) is 41.7 Å². The molecule has 7 heteroatoms. The van der Waals surface area contributed by atoms with Crippen molar-refractivity contribution in [2.45, 2.75) is 31.4 Å². The zero-order chi connectivity index (χ0) is 25.9. The molecule has 192 valence electrons. The Kier molecular flexibility index (Phi) is 6.65. The van der Waals surface area contributed by atoms with Crippen molar-refractivity contribution in [3.05, 3.63) is 102 Å². The van der Waals surface area contributed by atoms with Crippen LogP contribution >= 0.6 is 0 Å². The number of hydrogen-bond donors (Lipinski definition) is 0. The molecule has 1 saturated carbocycles. The van der Waals surface area contributed by atoms with E-state index in [2.05, 4.69) is 18.2 Å². The highest BCUT2D eigenvalue weighted by molar-refractivity contribution is 6.08. The molecular formula is C31H28N2O5. The summed E-state index contributed by atoms with van der Waals surface area (Å²) in [6, 6.07) is 27.0. The van der Waals surface area contributed by atoms with Gasteiger partial charge in [0.05, 0.1) is 11.8 Å². The van der Waals surface area contributed by atoms with E-state index < -0.39 is 18.7 Å². The molecule has 0 spiro atoms. The van der Waals surface area contributed by atoms with Crippen LogP contribution in [0.2, 0.25) is 0 Å². The third kappa shape index (κ3) is 4.79. The lowest BCUT2D eigenvalue weighted by molar-refractivity contribution is -0.160. The van der Waals surface area contributed by atoms with Crippen LogP contribution in [0, 0.1) is 5.92 Å². The van der Waals surface area contributed by atoms with E-state index in [1.165, 1.54) is 5.01 Å². The lowest BCUT2D eigenvalue weighted by Crippen LogP contribution is -2.40. The van der Waals surface area contributed by atoms with E-state index in [-0.39, 0.29) is 24.5 Å². The summed E-state index contributed by atoms with van der Waals surface area (Å²) in [6.45, 7) is -0.399. The van der Waals surface area contributed by atoms with E-state index in [9.17, 15) is 9.59 Å². The molecule has 0 bridgehead atoms. The molecule has 2 heterocycles. The fourth-order valence-electron chi connectivity index (χ4n) is 5.37. The van der Waals surface area contributed by atoms with Gasteiger partial charge < -0.3 is 14.2 Å². The Hall–Kier alpha value is -4.39. The molecule has 6 rings (SSSR count). The standard InChI is InChI=1S/C31H28N2O5/c34-28(20-37-31(35)27-19-36-25-16-7-8-17-26(25)38-27)33-30(22-12-5-2-6-13-22)24-15-9-14-23(29(24)32-33)18-21-10-3-1-4-11-21/h1-8,10-13,16-18,24,27,30H,9,14-15,19-20H2/b23-18+. The van der Waals surface area contributed by atoms with Gasteiger partial charge in [-0.3, -0.25) is 4.79 Å². The number of amides is 1. The molecule has 3 unspecified atom stereocenters. The minimum Gasteiger partial charge on any atom is -0.485 e. The van der Waals surface area contributed by atoms with Crippen LogP contribution in [0.3, 0.4) is 0 Å². The number of carbonyl (C=O) groups is 2. The van der Waals surface area contributed by atoms with Crippen molar-refractivity contribution >= 4 is 23.7 Å². The minimum absolute atomic E-state index is 0.0262. The highest BCUT2D eigenvalue weighted by Crippen LogP contribution is 2.44. The largest absolute Gasteiger partial charge is 0.485 e. The lowest BCUT2D eigenvalue weighted by Gasteiger charge is -2.29. The van der Waals surface area contributed by atoms with Crippen molar-refractivity contribution in [3.63, 3.8) is 0 Å². The van der Waals surface area contributed by atoms with Gasteiger partial charge in [-0.05, 0) is 54.2 Å². The van der Waals surface area contributed by atoms with Crippen molar-refractivity contribution in [1.29, 1.82) is 0 Å². The molecule has 0 radical (unpaired) electrons. The Bertz CT molecular complexity index is 1390. The number of benzene rings is 3. The van der Waals surface area contributed by atoms with Crippen LogP contribution in [0.4, 0.5) is 0 Å². The van der Waals surface area contributed by atoms with Gasteiger partial charge >= 0.3 is 5.97 Å². The SMILES string of the molecule is O=C(OCC(=O)N1N=C2/C(=C/c3ccccc3)CCCC2C1c1ccccc1)C1COc2ccccc2O1. The number of carbonyl (C=O) groups excluding carboxylic acids is 2. The number of hydrazone groups is 1. The first-order chi connectivity index (χ1) is 18.7. The van der Waals surface area contributed by atoms with Crippen molar-refractivity contribution in [2.75, 3.05) is 13.2 Å². The fraction of sp³-hybridized carbons (Fsp3) is 0.258. The summed E-state index contributed by atoms with van der Waals surface area (Å²) < 4.78 is 16.8. The van der Waals surface area contributed by atoms with Crippen molar-refractivity contribution in [3.8, 4) is 11.5 Å². The molecule has 1 fully saturated rings. The number of fused-ring (bicyclic) bond motifs is 2. The van der Waals surface area contributed by atoms with E-state index in [1.807, 2.05) is 54.6 Å². The van der Waals surface area contributed by atoms with Gasteiger partial charge in [-0.1, -0.05) is 72.8 Å². The number of ether oxygens (including phenoxy) is 3. The first kappa shape index (κ1) is 24.0. The Morgan fingerprint density at radius 1 is 0.947 bits per heavy atom. The number of esters is 1. The van der Waals surface area contributed by atoms with Crippen molar-refractivity contribution < 1.29 is 23.8 Å². The Morgan fingerprint density at radius 2 is 1.66 bits per heavy atom. The van der Waals surface area contributed by atoms with Gasteiger partial charge in [0, 0.05) is 5.92 Å². The molecule has 3 aromatic rings. The van der Waals surface area contributed by atoms with Crippen molar-refractivity contribution in [1.82, 2.24) is 5.01 Å². The van der Waals surface area contributed by atoms with Crippen LogP contribution in [-0.2, 0) is 14.3 Å². The number of para-hydroxylation sites is 2. The molecule has 3 aliphatic rings. The number of allylic oxidation sites excluding steroid dienone is 1. The summed E-state index contributed by atoms with van der Waals surface area (Å²) in [4.78, 5) is 26.2. The van der Waals surface area contributed by atoms with Gasteiger partial charge in [0.2, 0.25) is 6.10 Å². The minimum atomic E-state index is -0.935. The van der Waals surface area contributed by atoms with Gasteiger partial charge in [0.1, 0.15) is 6.61 Å². The molecule has 0 aromatic heterocycles. The van der Waals surface area contributed by atoms with Gasteiger partial charge in [0.25, 0.3) is 5.91 Å². The second-order valence-corrected chi connectivity index (χ2v) is 9.63. The predicted molar refractivity (Wildman–Crippen MR) is 143 cm³/mol. The van der Waals surface area contributed by atoms with E-state index in [4.69, 9.17) is 19.3 Å². The zero-order valence-electron chi connectivity index (χ0n) is 20.9. The lowest BCUT2D eigenvalue weighted by atomic mass is 9.77. The second-order valence-electron chi connectivity index (χ2n) is 9.63. The van der Waals surface area contributed by atoms with E-state index >= 15 is 0 Å². The van der Waals surface area contributed by atoms with Crippen molar-refractivity contribution in [2.24, 2.45) is 11.0 Å². The molecule has 0 saturated heterocycles. The number of rotatable bonds is 5. The Balaban J connectivity index is 1.21. The third-order valence-electron chi connectivity index (χ3n) is 7.15. The summed E-state index contributed by atoms with van der Waals surface area (Å²) in [5.74, 6) is 0.118. The highest BCUT2D eigenvalue weighted by atomic mass is 16.6. The summed E-state index contributed by atoms with van der Waals surface area (Å²) in [7, 11) is 0. The molecule has 1 amide bonds. The van der Waals surface area contributed by atoms with Crippen LogP contribution in [-0.4, -0.2) is 41.9 Å². The third-order valence-corrected chi connectivity index (χ3v) is 7.15. The molecule has 2 aliphatic heterocycles. The summed E-state index contributed by atoms with van der Waals surface area (Å²) in [5, 5.41) is 6.36. The highest BCUT2D eigenvalue weighted by Gasteiger charge is 2.44. The van der Waals surface area contributed by atoms with Crippen LogP contribution in [0.25, 0.3) is 6.08 Å². The van der Waals surface area contributed by atoms with E-state index in [1.54, 1.807) is 18.2 Å². The topological polar surface area (TPSA) is 77.4 Å². The van der Waals surface area contributed by atoms with E-state index in [0.29, 0.717) is 11.5 Å². The summed E-state index contributed by atoms with van der Waals surface area (Å²) in [6.07, 6.45) is 4.09. The maximum atomic E-state index is 13.5. The molecule has 7 nitrogen and oxygen atoms in total. The number of hydrogen-bond acceptors (Lipinski definition) is 6.